The predicted octanol–water partition coefficient (Wildman–Crippen LogP) is 0.944. The first kappa shape index (κ1) is 15.5. The Balaban J connectivity index is 2.73. The fraction of sp³-hybridized carbons (Fsp3) is 0.667. The van der Waals surface area contributed by atoms with Gasteiger partial charge in [0.1, 0.15) is 15.7 Å². The fourth-order valence-corrected chi connectivity index (χ4v) is 3.00. The Bertz CT molecular complexity index is 619. The summed E-state index contributed by atoms with van der Waals surface area (Å²) in [6.07, 6.45) is 1.73. The minimum atomic E-state index is -3.84. The van der Waals surface area contributed by atoms with E-state index in [9.17, 15) is 16.8 Å². The van der Waals surface area contributed by atoms with Crippen molar-refractivity contribution in [2.75, 3.05) is 11.5 Å². The number of hydrogen-bond acceptors (Lipinski definition) is 5. The van der Waals surface area contributed by atoms with Crippen molar-refractivity contribution >= 4 is 29.6 Å². The highest BCUT2D eigenvalue weighted by molar-refractivity contribution is 8.13. The van der Waals surface area contributed by atoms with E-state index in [1.165, 1.54) is 6.20 Å². The molecule has 0 aromatic carbocycles. The molecule has 0 aliphatic carbocycles. The summed E-state index contributed by atoms with van der Waals surface area (Å²) < 4.78 is 46.3. The maximum Gasteiger partial charge on any atom is 0.280 e. The number of sulfone groups is 1. The van der Waals surface area contributed by atoms with Crippen LogP contribution in [0.2, 0.25) is 0 Å². The van der Waals surface area contributed by atoms with Gasteiger partial charge in [0.05, 0.1) is 5.75 Å². The Hall–Kier alpha value is -0.600. The van der Waals surface area contributed by atoms with Crippen molar-refractivity contribution in [2.45, 2.75) is 31.8 Å². The monoisotopic (exact) mass is 314 g/mol. The summed E-state index contributed by atoms with van der Waals surface area (Å²) in [5.41, 5.74) is 0. The van der Waals surface area contributed by atoms with E-state index in [1.54, 1.807) is 18.4 Å². The van der Waals surface area contributed by atoms with Gasteiger partial charge in [-0.05, 0) is 13.3 Å². The van der Waals surface area contributed by atoms with Crippen molar-refractivity contribution in [2.24, 2.45) is 0 Å². The minimum Gasteiger partial charge on any atom is -0.334 e. The molecule has 0 saturated heterocycles. The molecule has 0 saturated carbocycles. The molecule has 1 aromatic heterocycles. The van der Waals surface area contributed by atoms with Crippen LogP contribution < -0.4 is 0 Å². The highest BCUT2D eigenvalue weighted by Gasteiger charge is 2.16. The second-order valence-electron chi connectivity index (χ2n) is 3.85. The number of imidazole rings is 1. The average molecular weight is 315 g/mol. The zero-order chi connectivity index (χ0) is 14.0. The third kappa shape index (κ3) is 4.25. The Morgan fingerprint density at radius 2 is 1.94 bits per heavy atom. The first-order valence-electron chi connectivity index (χ1n) is 5.34. The Labute approximate surface area is 111 Å². The Kier molecular flexibility index (Phi) is 4.79. The van der Waals surface area contributed by atoms with Gasteiger partial charge >= 0.3 is 0 Å². The molecule has 0 unspecified atom stereocenters. The summed E-state index contributed by atoms with van der Waals surface area (Å²) in [5, 5.41) is -0.208. The van der Waals surface area contributed by atoms with E-state index in [0.29, 0.717) is 18.8 Å². The summed E-state index contributed by atoms with van der Waals surface area (Å²) in [7, 11) is -1.67. The lowest BCUT2D eigenvalue weighted by atomic mass is 10.4. The van der Waals surface area contributed by atoms with Crippen LogP contribution in [-0.4, -0.2) is 37.9 Å². The fourth-order valence-electron chi connectivity index (χ4n) is 1.42. The minimum absolute atomic E-state index is 0.0735. The summed E-state index contributed by atoms with van der Waals surface area (Å²) in [5.74, 6) is 0.671. The molecule has 6 nitrogen and oxygen atoms in total. The van der Waals surface area contributed by atoms with Crippen LogP contribution in [0, 0.1) is 6.92 Å². The zero-order valence-corrected chi connectivity index (χ0v) is 12.5. The van der Waals surface area contributed by atoms with Crippen LogP contribution in [0.5, 0.6) is 0 Å². The summed E-state index contributed by atoms with van der Waals surface area (Å²) in [6.45, 7) is 3.63. The van der Waals surface area contributed by atoms with E-state index in [0.717, 1.165) is 0 Å². The molecule has 1 aromatic rings. The van der Waals surface area contributed by atoms with E-state index in [-0.39, 0.29) is 16.5 Å². The van der Waals surface area contributed by atoms with Crippen molar-refractivity contribution < 1.29 is 16.8 Å². The molecule has 0 N–H and O–H groups in total. The molecule has 0 bridgehead atoms. The molecular formula is C9H15ClN2O4S2. The molecule has 0 spiro atoms. The van der Waals surface area contributed by atoms with Crippen LogP contribution in [0.4, 0.5) is 0 Å². The zero-order valence-electron chi connectivity index (χ0n) is 10.1. The standard InChI is InChI=1S/C9H15ClN2O4S2/c1-3-17(13,14)6-4-5-12-7-9(11-8(12)2)18(10,15)16/h7H,3-6H2,1-2H3. The topological polar surface area (TPSA) is 86.1 Å². The van der Waals surface area contributed by atoms with Gasteiger partial charge in [0.25, 0.3) is 9.05 Å². The highest BCUT2D eigenvalue weighted by Crippen LogP contribution is 2.14. The van der Waals surface area contributed by atoms with Crippen molar-refractivity contribution in [3.8, 4) is 0 Å². The number of rotatable bonds is 6. The second kappa shape index (κ2) is 5.58. The van der Waals surface area contributed by atoms with Gasteiger partial charge < -0.3 is 4.57 Å². The van der Waals surface area contributed by atoms with Crippen LogP contribution in [0.25, 0.3) is 0 Å². The number of nitrogens with zero attached hydrogens (tertiary/aromatic N) is 2. The smallest absolute Gasteiger partial charge is 0.280 e. The van der Waals surface area contributed by atoms with Gasteiger partial charge in [-0.1, -0.05) is 6.92 Å². The SMILES string of the molecule is CCS(=O)(=O)CCCn1cc(S(=O)(=O)Cl)nc1C. The van der Waals surface area contributed by atoms with Crippen molar-refractivity contribution in [1.82, 2.24) is 9.55 Å². The first-order valence-corrected chi connectivity index (χ1v) is 9.47. The maximum atomic E-state index is 11.3. The van der Waals surface area contributed by atoms with Crippen molar-refractivity contribution in [3.63, 3.8) is 0 Å². The van der Waals surface area contributed by atoms with E-state index in [4.69, 9.17) is 10.7 Å². The first-order chi connectivity index (χ1) is 8.15. The van der Waals surface area contributed by atoms with Gasteiger partial charge in [0.15, 0.2) is 5.03 Å². The molecule has 0 atom stereocenters. The molecule has 9 heteroatoms. The molecule has 18 heavy (non-hydrogen) atoms. The number of halogens is 1. The number of aryl methyl sites for hydroxylation is 2. The van der Waals surface area contributed by atoms with Gasteiger partial charge in [-0.2, -0.15) is 0 Å². The second-order valence-corrected chi connectivity index (χ2v) is 8.83. The highest BCUT2D eigenvalue weighted by atomic mass is 35.7. The van der Waals surface area contributed by atoms with E-state index < -0.39 is 18.9 Å². The summed E-state index contributed by atoms with van der Waals surface area (Å²) >= 11 is 0. The molecule has 1 heterocycles. The van der Waals surface area contributed by atoms with Gasteiger partial charge in [-0.25, -0.2) is 21.8 Å². The Morgan fingerprint density at radius 1 is 1.33 bits per heavy atom. The predicted molar refractivity (Wildman–Crippen MR) is 68.9 cm³/mol. The van der Waals surface area contributed by atoms with E-state index in [2.05, 4.69) is 4.98 Å². The van der Waals surface area contributed by atoms with Crippen molar-refractivity contribution in [3.05, 3.63) is 12.0 Å². The van der Waals surface area contributed by atoms with E-state index >= 15 is 0 Å². The van der Waals surface area contributed by atoms with Gasteiger partial charge in [-0.3, -0.25) is 0 Å². The van der Waals surface area contributed by atoms with Crippen LogP contribution in [0.1, 0.15) is 19.2 Å². The summed E-state index contributed by atoms with van der Waals surface area (Å²) in [6, 6.07) is 0. The molecular weight excluding hydrogens is 300 g/mol. The lowest BCUT2D eigenvalue weighted by Gasteiger charge is -2.04. The summed E-state index contributed by atoms with van der Waals surface area (Å²) in [4.78, 5) is 3.81. The van der Waals surface area contributed by atoms with Crippen LogP contribution in [-0.2, 0) is 25.4 Å². The van der Waals surface area contributed by atoms with Crippen LogP contribution in [0.15, 0.2) is 11.2 Å². The lowest BCUT2D eigenvalue weighted by Crippen LogP contribution is -2.11. The average Bonchev–Trinajstić information content (AvgIpc) is 2.60. The number of hydrogen-bond donors (Lipinski definition) is 0. The van der Waals surface area contributed by atoms with Gasteiger partial charge in [0.2, 0.25) is 0 Å². The largest absolute Gasteiger partial charge is 0.334 e. The van der Waals surface area contributed by atoms with Crippen molar-refractivity contribution in [1.29, 1.82) is 0 Å². The Morgan fingerprint density at radius 3 is 2.39 bits per heavy atom. The molecule has 0 fully saturated rings. The van der Waals surface area contributed by atoms with Gasteiger partial charge in [0, 0.05) is 29.2 Å². The number of aromatic nitrogens is 2. The van der Waals surface area contributed by atoms with Crippen LogP contribution in [0.3, 0.4) is 0 Å². The quantitative estimate of drug-likeness (QED) is 0.729. The molecule has 0 aliphatic heterocycles. The van der Waals surface area contributed by atoms with Crippen LogP contribution >= 0.6 is 10.7 Å². The lowest BCUT2D eigenvalue weighted by molar-refractivity contribution is 0.585. The third-order valence-electron chi connectivity index (χ3n) is 2.50. The molecule has 1 rings (SSSR count). The molecule has 104 valence electrons. The van der Waals surface area contributed by atoms with E-state index in [1.807, 2.05) is 0 Å². The maximum absolute atomic E-state index is 11.3. The molecule has 0 amide bonds. The molecule has 0 radical (unpaired) electrons. The third-order valence-corrected chi connectivity index (χ3v) is 5.46. The molecule has 0 aliphatic rings. The normalized spacial score (nSPS) is 12.8. The van der Waals surface area contributed by atoms with Gasteiger partial charge in [-0.15, -0.1) is 0 Å².